The van der Waals surface area contributed by atoms with Gasteiger partial charge in [0.05, 0.1) is 0 Å². The van der Waals surface area contributed by atoms with Crippen LogP contribution in [0.4, 0.5) is 14.9 Å². The van der Waals surface area contributed by atoms with Crippen molar-refractivity contribution in [1.82, 2.24) is 10.6 Å². The smallest absolute Gasteiger partial charge is 0.319 e. The molecule has 0 bridgehead atoms. The van der Waals surface area contributed by atoms with Crippen LogP contribution >= 0.6 is 0 Å². The molecule has 1 saturated carbocycles. The second kappa shape index (κ2) is 9.16. The van der Waals surface area contributed by atoms with Gasteiger partial charge in [0.25, 0.3) is 0 Å². The largest absolute Gasteiger partial charge is 0.352 e. The second-order valence-electron chi connectivity index (χ2n) is 6.83. The highest BCUT2D eigenvalue weighted by Gasteiger charge is 2.22. The van der Waals surface area contributed by atoms with Crippen molar-refractivity contribution in [2.45, 2.75) is 38.8 Å². The number of amides is 3. The van der Waals surface area contributed by atoms with Crippen molar-refractivity contribution >= 4 is 17.6 Å². The van der Waals surface area contributed by atoms with Crippen molar-refractivity contribution in [2.24, 2.45) is 5.92 Å². The molecule has 0 spiro atoms. The van der Waals surface area contributed by atoms with E-state index < -0.39 is 0 Å². The molecule has 6 heteroatoms. The zero-order valence-electron chi connectivity index (χ0n) is 15.1. The predicted molar refractivity (Wildman–Crippen MR) is 103 cm³/mol. The average molecular weight is 369 g/mol. The van der Waals surface area contributed by atoms with Gasteiger partial charge in [0.15, 0.2) is 0 Å². The van der Waals surface area contributed by atoms with Gasteiger partial charge in [-0.05, 0) is 48.2 Å². The predicted octanol–water partition coefficient (Wildman–Crippen LogP) is 3.95. The highest BCUT2D eigenvalue weighted by molar-refractivity contribution is 5.89. The monoisotopic (exact) mass is 369 g/mol. The van der Waals surface area contributed by atoms with Crippen molar-refractivity contribution in [3.8, 4) is 0 Å². The summed E-state index contributed by atoms with van der Waals surface area (Å²) in [6, 6.07) is 13.0. The number of urea groups is 1. The minimum Gasteiger partial charge on any atom is -0.352 e. The van der Waals surface area contributed by atoms with E-state index in [2.05, 4.69) is 16.0 Å². The van der Waals surface area contributed by atoms with Crippen LogP contribution in [-0.4, -0.2) is 11.9 Å². The minimum absolute atomic E-state index is 0.134. The molecule has 2 aromatic carbocycles. The van der Waals surface area contributed by atoms with Crippen molar-refractivity contribution in [2.75, 3.05) is 5.32 Å². The Labute approximate surface area is 158 Å². The third-order valence-electron chi connectivity index (χ3n) is 4.77. The van der Waals surface area contributed by atoms with Crippen molar-refractivity contribution in [3.63, 3.8) is 0 Å². The summed E-state index contributed by atoms with van der Waals surface area (Å²) >= 11 is 0. The lowest BCUT2D eigenvalue weighted by molar-refractivity contribution is -0.124. The lowest BCUT2D eigenvalue weighted by Crippen LogP contribution is -2.29. The van der Waals surface area contributed by atoms with E-state index in [1.54, 1.807) is 24.3 Å². The standard InChI is InChI=1S/C21H24FN3O2/c22-18-9-5-15(6-10-18)14-24-21(27)25-19-11-7-16(8-12-19)13-23-20(26)17-3-1-2-4-17/h5-12,17H,1-4,13-14H2,(H,23,26)(H2,24,25,27). The quantitative estimate of drug-likeness (QED) is 0.721. The zero-order valence-corrected chi connectivity index (χ0v) is 15.1. The molecule has 0 aliphatic heterocycles. The lowest BCUT2D eigenvalue weighted by atomic mass is 10.1. The van der Waals surface area contributed by atoms with Crippen LogP contribution < -0.4 is 16.0 Å². The molecule has 5 nitrogen and oxygen atoms in total. The number of carbonyl (C=O) groups excluding carboxylic acids is 2. The first-order valence-electron chi connectivity index (χ1n) is 9.26. The molecule has 0 heterocycles. The summed E-state index contributed by atoms with van der Waals surface area (Å²) in [7, 11) is 0. The molecular formula is C21H24FN3O2. The number of carbonyl (C=O) groups is 2. The van der Waals surface area contributed by atoms with Gasteiger partial charge in [-0.1, -0.05) is 37.1 Å². The first kappa shape index (κ1) is 18.9. The molecule has 0 radical (unpaired) electrons. The average Bonchev–Trinajstić information content (AvgIpc) is 3.22. The van der Waals surface area contributed by atoms with Crippen LogP contribution in [0.25, 0.3) is 0 Å². The molecule has 27 heavy (non-hydrogen) atoms. The van der Waals surface area contributed by atoms with Gasteiger partial charge in [-0.3, -0.25) is 4.79 Å². The molecule has 1 aliphatic rings. The molecule has 3 rings (SSSR count). The second-order valence-corrected chi connectivity index (χ2v) is 6.83. The first-order valence-corrected chi connectivity index (χ1v) is 9.26. The van der Waals surface area contributed by atoms with E-state index in [4.69, 9.17) is 0 Å². The molecule has 2 aromatic rings. The Morgan fingerprint density at radius 1 is 0.852 bits per heavy atom. The Balaban J connectivity index is 1.42. The SMILES string of the molecule is O=C(NCc1ccc(F)cc1)Nc1ccc(CNC(=O)C2CCCC2)cc1. The highest BCUT2D eigenvalue weighted by Crippen LogP contribution is 2.24. The maximum Gasteiger partial charge on any atom is 0.319 e. The van der Waals surface area contributed by atoms with Gasteiger partial charge in [-0.15, -0.1) is 0 Å². The number of rotatable bonds is 6. The van der Waals surface area contributed by atoms with E-state index in [9.17, 15) is 14.0 Å². The van der Waals surface area contributed by atoms with Crippen LogP contribution in [0.2, 0.25) is 0 Å². The van der Waals surface area contributed by atoms with Gasteiger partial charge in [-0.2, -0.15) is 0 Å². The molecule has 3 amide bonds. The topological polar surface area (TPSA) is 70.2 Å². The van der Waals surface area contributed by atoms with E-state index in [1.165, 1.54) is 12.1 Å². The highest BCUT2D eigenvalue weighted by atomic mass is 19.1. The summed E-state index contributed by atoms with van der Waals surface area (Å²) in [5.41, 5.74) is 2.47. The van der Waals surface area contributed by atoms with Gasteiger partial charge < -0.3 is 16.0 Å². The van der Waals surface area contributed by atoms with Crippen molar-refractivity contribution in [1.29, 1.82) is 0 Å². The molecule has 1 aliphatic carbocycles. The summed E-state index contributed by atoms with van der Waals surface area (Å²) in [6.45, 7) is 0.809. The van der Waals surface area contributed by atoms with Crippen LogP contribution in [0.5, 0.6) is 0 Å². The van der Waals surface area contributed by atoms with Crippen LogP contribution in [0.3, 0.4) is 0 Å². The zero-order chi connectivity index (χ0) is 19.1. The Kier molecular flexibility index (Phi) is 6.41. The molecule has 0 atom stereocenters. The summed E-state index contributed by atoms with van der Waals surface area (Å²) in [4.78, 5) is 24.0. The Bertz CT molecular complexity index is 769. The van der Waals surface area contributed by atoms with E-state index in [-0.39, 0.29) is 23.7 Å². The summed E-state index contributed by atoms with van der Waals surface area (Å²) in [6.07, 6.45) is 4.26. The van der Waals surface area contributed by atoms with Gasteiger partial charge >= 0.3 is 6.03 Å². The Morgan fingerprint density at radius 3 is 2.04 bits per heavy atom. The third kappa shape index (κ3) is 5.81. The lowest BCUT2D eigenvalue weighted by Gasteiger charge is -2.11. The molecule has 0 saturated heterocycles. The number of halogens is 1. The molecule has 3 N–H and O–H groups in total. The Morgan fingerprint density at radius 2 is 1.41 bits per heavy atom. The molecule has 1 fully saturated rings. The maximum absolute atomic E-state index is 12.9. The molecule has 0 unspecified atom stereocenters. The van der Waals surface area contributed by atoms with Crippen molar-refractivity contribution < 1.29 is 14.0 Å². The molecule has 0 aromatic heterocycles. The number of benzene rings is 2. The molecular weight excluding hydrogens is 345 g/mol. The summed E-state index contributed by atoms with van der Waals surface area (Å²) in [5, 5.41) is 8.45. The van der Waals surface area contributed by atoms with Crippen LogP contribution in [-0.2, 0) is 17.9 Å². The van der Waals surface area contributed by atoms with E-state index in [0.717, 1.165) is 36.8 Å². The Hall–Kier alpha value is -2.89. The van der Waals surface area contributed by atoms with Gasteiger partial charge in [0.1, 0.15) is 5.82 Å². The van der Waals surface area contributed by atoms with E-state index in [1.807, 2.05) is 12.1 Å². The summed E-state index contributed by atoms with van der Waals surface area (Å²) < 4.78 is 12.9. The number of anilines is 1. The molecule has 142 valence electrons. The van der Waals surface area contributed by atoms with E-state index in [0.29, 0.717) is 18.8 Å². The van der Waals surface area contributed by atoms with E-state index >= 15 is 0 Å². The van der Waals surface area contributed by atoms with Gasteiger partial charge in [0, 0.05) is 24.7 Å². The van der Waals surface area contributed by atoms with Crippen molar-refractivity contribution in [3.05, 3.63) is 65.5 Å². The maximum atomic E-state index is 12.9. The fourth-order valence-electron chi connectivity index (χ4n) is 3.19. The van der Waals surface area contributed by atoms with Crippen LogP contribution in [0.15, 0.2) is 48.5 Å². The minimum atomic E-state index is -0.332. The normalized spacial score (nSPS) is 14.0. The van der Waals surface area contributed by atoms with Gasteiger partial charge in [0.2, 0.25) is 5.91 Å². The summed E-state index contributed by atoms with van der Waals surface area (Å²) in [5.74, 6) is -0.00617. The third-order valence-corrected chi connectivity index (χ3v) is 4.77. The number of hydrogen-bond donors (Lipinski definition) is 3. The fraction of sp³-hybridized carbons (Fsp3) is 0.333. The number of nitrogens with one attached hydrogen (secondary N) is 3. The van der Waals surface area contributed by atoms with Crippen LogP contribution in [0, 0.1) is 11.7 Å². The number of hydrogen-bond acceptors (Lipinski definition) is 2. The van der Waals surface area contributed by atoms with Gasteiger partial charge in [-0.25, -0.2) is 9.18 Å². The van der Waals surface area contributed by atoms with Crippen LogP contribution in [0.1, 0.15) is 36.8 Å². The first-order chi connectivity index (χ1) is 13.1. The fourth-order valence-corrected chi connectivity index (χ4v) is 3.19.